The van der Waals surface area contributed by atoms with Crippen LogP contribution in [0, 0.1) is 11.6 Å². The van der Waals surface area contributed by atoms with Gasteiger partial charge in [0.15, 0.2) is 11.6 Å². The summed E-state index contributed by atoms with van der Waals surface area (Å²) >= 11 is 6.23. The van der Waals surface area contributed by atoms with E-state index in [1.165, 1.54) is 0 Å². The highest BCUT2D eigenvalue weighted by Crippen LogP contribution is 2.31. The molecule has 0 saturated heterocycles. The van der Waals surface area contributed by atoms with Crippen molar-refractivity contribution in [3.63, 3.8) is 0 Å². The summed E-state index contributed by atoms with van der Waals surface area (Å²) < 4.78 is 28.9. The van der Waals surface area contributed by atoms with E-state index >= 15 is 0 Å². The minimum Gasteiger partial charge on any atom is -0.330 e. The average Bonchev–Trinajstić information content (AvgIpc) is 2.83. The second-order valence-electron chi connectivity index (χ2n) is 4.96. The van der Waals surface area contributed by atoms with E-state index in [9.17, 15) is 8.78 Å². The Morgan fingerprint density at radius 3 is 2.59 bits per heavy atom. The summed E-state index contributed by atoms with van der Waals surface area (Å²) in [6.07, 6.45) is 0.696. The zero-order valence-corrected chi connectivity index (χ0v) is 12.4. The molecule has 0 fully saturated rings. The van der Waals surface area contributed by atoms with Gasteiger partial charge in [-0.3, -0.25) is 0 Å². The lowest BCUT2D eigenvalue weighted by Crippen LogP contribution is -2.07. The lowest BCUT2D eigenvalue weighted by molar-refractivity contribution is 0.510. The maximum Gasteiger partial charge on any atom is 0.161 e. The number of nitrogens with two attached hydrogens (primary N) is 1. The van der Waals surface area contributed by atoms with Crippen LogP contribution in [-0.4, -0.2) is 16.1 Å². The fourth-order valence-corrected chi connectivity index (χ4v) is 2.66. The van der Waals surface area contributed by atoms with Crippen LogP contribution in [0.4, 0.5) is 8.78 Å². The number of aromatic nitrogens is 2. The smallest absolute Gasteiger partial charge is 0.161 e. The Hall–Kier alpha value is -1.98. The molecule has 0 radical (unpaired) electrons. The first-order valence-electron chi connectivity index (χ1n) is 6.92. The number of aryl methyl sites for hydroxylation is 1. The van der Waals surface area contributed by atoms with E-state index in [1.807, 2.05) is 22.8 Å². The number of rotatable bonds is 4. The van der Waals surface area contributed by atoms with Gasteiger partial charge in [-0.25, -0.2) is 13.8 Å². The van der Waals surface area contributed by atoms with Gasteiger partial charge in [0, 0.05) is 24.2 Å². The second-order valence-corrected chi connectivity index (χ2v) is 5.37. The zero-order valence-electron chi connectivity index (χ0n) is 11.7. The van der Waals surface area contributed by atoms with Crippen molar-refractivity contribution in [3.05, 3.63) is 53.1 Å². The summed E-state index contributed by atoms with van der Waals surface area (Å²) in [5, 5.41) is 0.535. The first-order valence-corrected chi connectivity index (χ1v) is 7.30. The van der Waals surface area contributed by atoms with Crippen LogP contribution in [0.2, 0.25) is 5.02 Å². The number of hydrogen-bond acceptors (Lipinski definition) is 2. The van der Waals surface area contributed by atoms with Gasteiger partial charge >= 0.3 is 0 Å². The van der Waals surface area contributed by atoms with Crippen LogP contribution >= 0.6 is 11.6 Å². The molecule has 0 aliphatic rings. The Bertz CT molecular complexity index is 830. The minimum atomic E-state index is -0.915. The van der Waals surface area contributed by atoms with Crippen LogP contribution in [0.3, 0.4) is 0 Å². The van der Waals surface area contributed by atoms with E-state index in [0.29, 0.717) is 41.4 Å². The Kier molecular flexibility index (Phi) is 4.09. The molecule has 0 atom stereocenters. The predicted octanol–water partition coefficient (Wildman–Crippen LogP) is 3.98. The summed E-state index contributed by atoms with van der Waals surface area (Å²) in [4.78, 5) is 4.43. The Balaban J connectivity index is 2.26. The van der Waals surface area contributed by atoms with Crippen molar-refractivity contribution in [2.45, 2.75) is 13.0 Å². The normalized spacial score (nSPS) is 11.3. The summed E-state index contributed by atoms with van der Waals surface area (Å²) in [7, 11) is 0. The lowest BCUT2D eigenvalue weighted by Gasteiger charge is -2.09. The van der Waals surface area contributed by atoms with Crippen LogP contribution in [0.5, 0.6) is 0 Å². The molecule has 3 nitrogen and oxygen atoms in total. The first kappa shape index (κ1) is 14.9. The van der Waals surface area contributed by atoms with Crippen molar-refractivity contribution in [2.75, 3.05) is 6.54 Å². The Labute approximate surface area is 131 Å². The van der Waals surface area contributed by atoms with E-state index in [-0.39, 0.29) is 0 Å². The molecule has 0 aliphatic heterocycles. The molecule has 22 heavy (non-hydrogen) atoms. The van der Waals surface area contributed by atoms with Gasteiger partial charge in [-0.2, -0.15) is 0 Å². The highest BCUT2D eigenvalue weighted by molar-refractivity contribution is 6.33. The van der Waals surface area contributed by atoms with Crippen LogP contribution in [0.15, 0.2) is 36.4 Å². The Morgan fingerprint density at radius 1 is 1.14 bits per heavy atom. The molecule has 1 heterocycles. The second kappa shape index (κ2) is 6.02. The molecule has 3 aromatic rings. The summed E-state index contributed by atoms with van der Waals surface area (Å²) in [6.45, 7) is 1.05. The molecule has 0 spiro atoms. The summed E-state index contributed by atoms with van der Waals surface area (Å²) in [5.41, 5.74) is 7.21. The number of hydrogen-bond donors (Lipinski definition) is 1. The third kappa shape index (κ3) is 2.58. The molecule has 3 rings (SSSR count). The van der Waals surface area contributed by atoms with Crippen LogP contribution < -0.4 is 5.73 Å². The van der Waals surface area contributed by atoms with E-state index in [0.717, 1.165) is 17.7 Å². The van der Waals surface area contributed by atoms with Gasteiger partial charge in [0.1, 0.15) is 5.82 Å². The third-order valence-electron chi connectivity index (χ3n) is 3.49. The zero-order chi connectivity index (χ0) is 15.7. The molecule has 2 aromatic carbocycles. The van der Waals surface area contributed by atoms with Crippen molar-refractivity contribution in [2.24, 2.45) is 5.73 Å². The molecule has 0 saturated carbocycles. The number of imidazole rings is 1. The van der Waals surface area contributed by atoms with Gasteiger partial charge in [0.2, 0.25) is 0 Å². The molecule has 114 valence electrons. The van der Waals surface area contributed by atoms with Crippen LogP contribution in [-0.2, 0) is 6.54 Å². The molecule has 6 heteroatoms. The van der Waals surface area contributed by atoms with Gasteiger partial charge in [0.25, 0.3) is 0 Å². The van der Waals surface area contributed by atoms with Gasteiger partial charge in [-0.1, -0.05) is 23.7 Å². The number of halogens is 3. The van der Waals surface area contributed by atoms with Gasteiger partial charge in [-0.05, 0) is 25.1 Å². The molecule has 0 aliphatic carbocycles. The molecular formula is C16H14ClF2N3. The number of nitrogens with zero attached hydrogens (tertiary/aromatic N) is 2. The molecule has 1 aromatic heterocycles. The van der Waals surface area contributed by atoms with Gasteiger partial charge in [-0.15, -0.1) is 0 Å². The summed E-state index contributed by atoms with van der Waals surface area (Å²) in [5.74, 6) is -1.23. The average molecular weight is 322 g/mol. The molecular weight excluding hydrogens is 308 g/mol. The largest absolute Gasteiger partial charge is 0.330 e. The minimum absolute atomic E-state index is 0.394. The maximum absolute atomic E-state index is 13.6. The molecule has 0 amide bonds. The van der Waals surface area contributed by atoms with Crippen LogP contribution in [0.25, 0.3) is 22.4 Å². The molecule has 0 bridgehead atoms. The predicted molar refractivity (Wildman–Crippen MR) is 83.8 cm³/mol. The van der Waals surface area contributed by atoms with Gasteiger partial charge < -0.3 is 10.3 Å². The van der Waals surface area contributed by atoms with Crippen molar-refractivity contribution in [1.29, 1.82) is 0 Å². The SMILES string of the molecule is NCCCn1c(-c2ccccc2Cl)nc2cc(F)c(F)cc21. The first-order chi connectivity index (χ1) is 10.6. The number of benzene rings is 2. The molecule has 0 unspecified atom stereocenters. The fraction of sp³-hybridized carbons (Fsp3) is 0.188. The number of fused-ring (bicyclic) bond motifs is 1. The summed E-state index contributed by atoms with van der Waals surface area (Å²) in [6, 6.07) is 9.51. The third-order valence-corrected chi connectivity index (χ3v) is 3.82. The fourth-order valence-electron chi connectivity index (χ4n) is 2.44. The highest BCUT2D eigenvalue weighted by atomic mass is 35.5. The quantitative estimate of drug-likeness (QED) is 0.789. The highest BCUT2D eigenvalue weighted by Gasteiger charge is 2.17. The maximum atomic E-state index is 13.6. The monoisotopic (exact) mass is 321 g/mol. The van der Waals surface area contributed by atoms with E-state index in [2.05, 4.69) is 4.98 Å². The topological polar surface area (TPSA) is 43.8 Å². The van der Waals surface area contributed by atoms with E-state index < -0.39 is 11.6 Å². The standard InChI is InChI=1S/C16H14ClF2N3/c17-11-5-2-1-4-10(11)16-21-14-8-12(18)13(19)9-15(14)22(16)7-3-6-20/h1-2,4-5,8-9H,3,6-7,20H2. The molecule has 2 N–H and O–H groups in total. The lowest BCUT2D eigenvalue weighted by atomic mass is 10.2. The van der Waals surface area contributed by atoms with E-state index in [4.69, 9.17) is 17.3 Å². The van der Waals surface area contributed by atoms with Crippen molar-refractivity contribution in [1.82, 2.24) is 9.55 Å². The van der Waals surface area contributed by atoms with Crippen molar-refractivity contribution >= 4 is 22.6 Å². The van der Waals surface area contributed by atoms with Crippen molar-refractivity contribution < 1.29 is 8.78 Å². The van der Waals surface area contributed by atoms with Crippen molar-refractivity contribution in [3.8, 4) is 11.4 Å². The van der Waals surface area contributed by atoms with Crippen LogP contribution in [0.1, 0.15) is 6.42 Å². The Morgan fingerprint density at radius 2 is 1.86 bits per heavy atom. The van der Waals surface area contributed by atoms with E-state index in [1.54, 1.807) is 6.07 Å². The van der Waals surface area contributed by atoms with Gasteiger partial charge in [0.05, 0.1) is 16.1 Å².